The monoisotopic (exact) mass is 100.0 g/mol. The van der Waals surface area contributed by atoms with E-state index in [1.165, 1.54) is 0 Å². The summed E-state index contributed by atoms with van der Waals surface area (Å²) < 4.78 is 0. The van der Waals surface area contributed by atoms with Crippen molar-refractivity contribution in [1.82, 2.24) is 0 Å². The molecule has 0 bridgehead atoms. The van der Waals surface area contributed by atoms with Crippen LogP contribution in [0.15, 0.2) is 0 Å². The van der Waals surface area contributed by atoms with Gasteiger partial charge in [-0.15, -0.1) is 0 Å². The minimum absolute atomic E-state index is 0. The summed E-state index contributed by atoms with van der Waals surface area (Å²) in [5.74, 6) is 0. The van der Waals surface area contributed by atoms with Gasteiger partial charge in [0.05, 0.1) is 0 Å². The van der Waals surface area contributed by atoms with Gasteiger partial charge in [0.2, 0.25) is 0 Å². The van der Waals surface area contributed by atoms with Crippen LogP contribution in [0.5, 0.6) is 0 Å². The van der Waals surface area contributed by atoms with Gasteiger partial charge in [0.25, 0.3) is 0 Å². The van der Waals surface area contributed by atoms with Crippen LogP contribution >= 0.6 is 0 Å². The van der Waals surface area contributed by atoms with E-state index in [1.807, 2.05) is 0 Å². The van der Waals surface area contributed by atoms with Crippen LogP contribution < -0.4 is 18.9 Å². The molecule has 0 aromatic heterocycles. The van der Waals surface area contributed by atoms with Crippen LogP contribution in [-0.4, -0.2) is 0 Å². The van der Waals surface area contributed by atoms with Crippen LogP contribution in [0.4, 0.5) is 0 Å². The third-order valence-electron chi connectivity index (χ3n) is 0. The summed E-state index contributed by atoms with van der Waals surface area (Å²) in [5.41, 5.74) is 0. The fourth-order valence-electron chi connectivity index (χ4n) is 0. The average Bonchev–Trinajstić information content (AvgIpc) is 0. The third kappa shape index (κ3) is 11.2. The molecule has 0 aliphatic rings. The van der Waals surface area contributed by atoms with Gasteiger partial charge in [-0.05, 0) is 0 Å². The molecule has 0 spiro atoms. The fourth-order valence-corrected chi connectivity index (χ4v) is 0. The zero-order valence-electron chi connectivity index (χ0n) is 3.30. The Balaban J connectivity index is 0. The molecule has 0 rings (SSSR count). The third-order valence-corrected chi connectivity index (χ3v) is 0. The van der Waals surface area contributed by atoms with Crippen molar-refractivity contribution in [2.24, 2.45) is 0 Å². The van der Waals surface area contributed by atoms with Crippen molar-refractivity contribution in [3.05, 3.63) is 14.9 Å². The van der Waals surface area contributed by atoms with E-state index >= 15 is 0 Å². The number of rotatable bonds is 0. The molecule has 0 saturated heterocycles. The van der Waals surface area contributed by atoms with Crippen molar-refractivity contribution in [3.63, 3.8) is 0 Å². The zero-order chi connectivity index (χ0) is 0. The van der Waals surface area contributed by atoms with Crippen molar-refractivity contribution in [2.75, 3.05) is 0 Å². The molecule has 0 fully saturated rings. The Bertz CT molecular complexity index is 6.00. The molecule has 0 atom stereocenters. The zero-order valence-corrected chi connectivity index (χ0v) is 4.24. The second-order valence-corrected chi connectivity index (χ2v) is 0. The largest absolute Gasteiger partial charge is 2.00 e. The maximum atomic E-state index is 0. The first-order valence-corrected chi connectivity index (χ1v) is 0. The molecule has 0 aliphatic heterocycles. The van der Waals surface area contributed by atoms with Gasteiger partial charge in [-0.2, -0.15) is 0 Å². The topological polar surface area (TPSA) is 0 Å². The van der Waals surface area contributed by atoms with Gasteiger partial charge >= 0.3 is 35.9 Å². The molecule has 2 heteroatoms. The molecule has 25 valence electrons. The van der Waals surface area contributed by atoms with Crippen molar-refractivity contribution in [2.45, 2.75) is 0 Å². The summed E-state index contributed by atoms with van der Waals surface area (Å²) in [4.78, 5) is 0. The van der Waals surface area contributed by atoms with Crippen LogP contribution in [0.1, 0.15) is 0 Å². The minimum atomic E-state index is 0. The Hall–Kier alpha value is 1.12. The summed E-state index contributed by atoms with van der Waals surface area (Å²) in [7, 11) is 0. The first kappa shape index (κ1) is 69.5. The maximum absolute atomic E-state index is 0. The molecule has 0 saturated carbocycles. The summed E-state index contributed by atoms with van der Waals surface area (Å²) >= 11 is 0. The minimum Gasteiger partial charge on any atom is -0.358 e. The summed E-state index contributed by atoms with van der Waals surface area (Å²) in [6.45, 7) is 0. The van der Waals surface area contributed by atoms with Crippen LogP contribution in [0, 0.1) is 14.9 Å². The van der Waals surface area contributed by atoms with Crippen molar-refractivity contribution >= 4 is 0 Å². The van der Waals surface area contributed by atoms with Gasteiger partial charge in [0.1, 0.15) is 0 Å². The summed E-state index contributed by atoms with van der Waals surface area (Å²) in [6, 6.07) is 0. The molecule has 4 heavy (non-hydrogen) atoms. The molecule has 0 aromatic carbocycles. The molecule has 0 heterocycles. The molecule has 1 radical (unpaired) electrons. The molecular formula is C2H6CuLi+. The summed E-state index contributed by atoms with van der Waals surface area (Å²) in [5, 5.41) is 0. The van der Waals surface area contributed by atoms with Crippen molar-refractivity contribution in [3.8, 4) is 0 Å². The molecule has 0 nitrogen and oxygen atoms in total. The van der Waals surface area contributed by atoms with Crippen molar-refractivity contribution < 1.29 is 35.9 Å². The van der Waals surface area contributed by atoms with Gasteiger partial charge in [0.15, 0.2) is 0 Å². The SMILES string of the molecule is [CH3-].[CH3-].[Cu+2].[Li+]. The Morgan fingerprint density at radius 2 is 0.750 bits per heavy atom. The number of hydrogen-bond donors (Lipinski definition) is 0. The Labute approximate surface area is 51.0 Å². The van der Waals surface area contributed by atoms with E-state index in [9.17, 15) is 0 Å². The fraction of sp³-hybridized carbons (Fsp3) is 0. The van der Waals surface area contributed by atoms with E-state index in [4.69, 9.17) is 0 Å². The molecule has 0 aliphatic carbocycles. The molecule has 0 aromatic rings. The van der Waals surface area contributed by atoms with Crippen LogP contribution in [0.2, 0.25) is 0 Å². The predicted octanol–water partition coefficient (Wildman–Crippen LogP) is -2.10. The molecular weight excluding hydrogens is 94.5 g/mol. The van der Waals surface area contributed by atoms with E-state index in [0.717, 1.165) is 0 Å². The van der Waals surface area contributed by atoms with E-state index in [2.05, 4.69) is 0 Å². The second kappa shape index (κ2) is 32.1. The molecule has 0 N–H and O–H groups in total. The van der Waals surface area contributed by atoms with E-state index in [1.54, 1.807) is 0 Å². The van der Waals surface area contributed by atoms with Gasteiger partial charge in [0, 0.05) is 0 Å². The van der Waals surface area contributed by atoms with Crippen molar-refractivity contribution in [1.29, 1.82) is 0 Å². The van der Waals surface area contributed by atoms with Gasteiger partial charge in [-0.25, -0.2) is 0 Å². The first-order valence-electron chi connectivity index (χ1n) is 0. The average molecular weight is 101 g/mol. The summed E-state index contributed by atoms with van der Waals surface area (Å²) in [6.07, 6.45) is 0. The van der Waals surface area contributed by atoms with E-state index in [0.29, 0.717) is 0 Å². The smallest absolute Gasteiger partial charge is 0.358 e. The van der Waals surface area contributed by atoms with Crippen LogP contribution in [0.3, 0.4) is 0 Å². The van der Waals surface area contributed by atoms with E-state index in [-0.39, 0.29) is 50.8 Å². The Kier molecular flexibility index (Phi) is 557. The van der Waals surface area contributed by atoms with Crippen LogP contribution in [-0.2, 0) is 17.1 Å². The molecule has 0 unspecified atom stereocenters. The number of hydrogen-bond acceptors (Lipinski definition) is 0. The quantitative estimate of drug-likeness (QED) is 0.242. The second-order valence-electron chi connectivity index (χ2n) is 0. The van der Waals surface area contributed by atoms with E-state index < -0.39 is 0 Å². The first-order chi connectivity index (χ1) is 0. The van der Waals surface area contributed by atoms with Gasteiger partial charge in [-0.1, -0.05) is 0 Å². The maximum Gasteiger partial charge on any atom is 2.00 e. The Morgan fingerprint density at radius 3 is 0.750 bits per heavy atom. The molecule has 0 amide bonds. The predicted molar refractivity (Wildman–Crippen MR) is 12.8 cm³/mol. The van der Waals surface area contributed by atoms with Crippen LogP contribution in [0.25, 0.3) is 0 Å². The Morgan fingerprint density at radius 1 is 0.750 bits per heavy atom. The van der Waals surface area contributed by atoms with Gasteiger partial charge < -0.3 is 14.9 Å². The van der Waals surface area contributed by atoms with Gasteiger partial charge in [-0.3, -0.25) is 0 Å². The standard InChI is InChI=1S/2CH3.Cu.Li/h2*1H3;;/q2*-1;+2;+1. The normalized spacial score (nSPS) is 0.